The van der Waals surface area contributed by atoms with Crippen LogP contribution >= 0.6 is 22.7 Å². The summed E-state index contributed by atoms with van der Waals surface area (Å²) >= 11 is 3.03. The zero-order chi connectivity index (χ0) is 22.6. The molecule has 1 atom stereocenters. The van der Waals surface area contributed by atoms with Gasteiger partial charge in [0.2, 0.25) is 5.91 Å². The second kappa shape index (κ2) is 9.96. The maximum atomic E-state index is 13.1. The first-order valence-electron chi connectivity index (χ1n) is 10.8. The van der Waals surface area contributed by atoms with Crippen molar-refractivity contribution in [1.29, 1.82) is 0 Å². The highest BCUT2D eigenvalue weighted by molar-refractivity contribution is 7.18. The SMILES string of the molecule is O=C(Cn1cnc2scc(-c3cccs3)c2c1=O)NCC1CN(Cc2ccccc2)CCO1. The van der Waals surface area contributed by atoms with E-state index in [0.717, 1.165) is 30.1 Å². The van der Waals surface area contributed by atoms with Crippen LogP contribution in [0, 0.1) is 0 Å². The van der Waals surface area contributed by atoms with Gasteiger partial charge in [-0.1, -0.05) is 36.4 Å². The van der Waals surface area contributed by atoms with E-state index in [1.54, 1.807) is 11.3 Å². The van der Waals surface area contributed by atoms with Crippen LogP contribution in [0.15, 0.2) is 64.3 Å². The van der Waals surface area contributed by atoms with Gasteiger partial charge in [0.1, 0.15) is 11.4 Å². The van der Waals surface area contributed by atoms with Crippen LogP contribution < -0.4 is 10.9 Å². The third-order valence-corrected chi connectivity index (χ3v) is 7.45. The van der Waals surface area contributed by atoms with Crippen molar-refractivity contribution in [3.05, 3.63) is 75.5 Å². The minimum Gasteiger partial charge on any atom is -0.374 e. The number of ether oxygens (including phenoxy) is 1. The lowest BCUT2D eigenvalue weighted by Gasteiger charge is -2.33. The van der Waals surface area contributed by atoms with Crippen molar-refractivity contribution in [2.24, 2.45) is 0 Å². The fourth-order valence-corrected chi connectivity index (χ4v) is 5.74. The Morgan fingerprint density at radius 2 is 2.06 bits per heavy atom. The number of hydrogen-bond donors (Lipinski definition) is 1. The largest absolute Gasteiger partial charge is 0.374 e. The highest BCUT2D eigenvalue weighted by Crippen LogP contribution is 2.33. The molecule has 1 saturated heterocycles. The van der Waals surface area contributed by atoms with Gasteiger partial charge in [-0.2, -0.15) is 0 Å². The van der Waals surface area contributed by atoms with Gasteiger partial charge in [0.15, 0.2) is 0 Å². The normalized spacial score (nSPS) is 16.8. The number of rotatable bonds is 7. The molecule has 1 amide bonds. The van der Waals surface area contributed by atoms with E-state index in [4.69, 9.17) is 4.74 Å². The van der Waals surface area contributed by atoms with E-state index in [9.17, 15) is 9.59 Å². The van der Waals surface area contributed by atoms with Crippen LogP contribution in [0.5, 0.6) is 0 Å². The van der Waals surface area contributed by atoms with E-state index < -0.39 is 0 Å². The Morgan fingerprint density at radius 3 is 2.88 bits per heavy atom. The number of morpholine rings is 1. The monoisotopic (exact) mass is 480 g/mol. The van der Waals surface area contributed by atoms with E-state index in [-0.39, 0.29) is 24.1 Å². The van der Waals surface area contributed by atoms with Crippen molar-refractivity contribution >= 4 is 38.8 Å². The number of nitrogens with zero attached hydrogens (tertiary/aromatic N) is 3. The summed E-state index contributed by atoms with van der Waals surface area (Å²) in [5, 5.41) is 7.43. The van der Waals surface area contributed by atoms with Crippen LogP contribution in [-0.4, -0.2) is 52.7 Å². The Bertz CT molecular complexity index is 1280. The number of nitrogens with one attached hydrogen (secondary N) is 1. The molecule has 3 aromatic heterocycles. The quantitative estimate of drug-likeness (QED) is 0.440. The number of hydrogen-bond acceptors (Lipinski definition) is 7. The number of carbonyl (C=O) groups excluding carboxylic acids is 1. The van der Waals surface area contributed by atoms with Gasteiger partial charge in [-0.05, 0) is 17.0 Å². The molecular weight excluding hydrogens is 456 g/mol. The lowest BCUT2D eigenvalue weighted by molar-refractivity contribution is -0.123. The Labute approximate surface area is 199 Å². The maximum absolute atomic E-state index is 13.1. The molecule has 33 heavy (non-hydrogen) atoms. The molecule has 4 heterocycles. The number of thiophene rings is 2. The Hall–Kier alpha value is -2.85. The van der Waals surface area contributed by atoms with Crippen molar-refractivity contribution < 1.29 is 9.53 Å². The average Bonchev–Trinajstić information content (AvgIpc) is 3.51. The van der Waals surface area contributed by atoms with Gasteiger partial charge >= 0.3 is 0 Å². The van der Waals surface area contributed by atoms with Crippen LogP contribution in [0.2, 0.25) is 0 Å². The molecule has 0 aliphatic carbocycles. The molecule has 1 unspecified atom stereocenters. The summed E-state index contributed by atoms with van der Waals surface area (Å²) in [4.78, 5) is 34.1. The van der Waals surface area contributed by atoms with E-state index >= 15 is 0 Å². The molecule has 0 saturated carbocycles. The fraction of sp³-hybridized carbons (Fsp3) is 0.292. The van der Waals surface area contributed by atoms with Crippen molar-refractivity contribution in [2.75, 3.05) is 26.2 Å². The smallest absolute Gasteiger partial charge is 0.263 e. The summed E-state index contributed by atoms with van der Waals surface area (Å²) in [5.41, 5.74) is 1.95. The van der Waals surface area contributed by atoms with Gasteiger partial charge in [0.25, 0.3) is 5.56 Å². The fourth-order valence-electron chi connectivity index (χ4n) is 4.02. The average molecular weight is 481 g/mol. The van der Waals surface area contributed by atoms with Gasteiger partial charge in [-0.25, -0.2) is 4.98 Å². The first kappa shape index (κ1) is 22.0. The van der Waals surface area contributed by atoms with Crippen LogP contribution in [0.3, 0.4) is 0 Å². The lowest BCUT2D eigenvalue weighted by Crippen LogP contribution is -2.47. The molecule has 1 N–H and O–H groups in total. The Balaban J connectivity index is 1.20. The van der Waals surface area contributed by atoms with Crippen LogP contribution in [0.1, 0.15) is 5.56 Å². The highest BCUT2D eigenvalue weighted by Gasteiger charge is 2.21. The molecule has 9 heteroatoms. The Morgan fingerprint density at radius 1 is 1.18 bits per heavy atom. The number of amides is 1. The van der Waals surface area contributed by atoms with Crippen molar-refractivity contribution in [3.63, 3.8) is 0 Å². The highest BCUT2D eigenvalue weighted by atomic mass is 32.1. The predicted molar refractivity (Wildman–Crippen MR) is 132 cm³/mol. The van der Waals surface area contributed by atoms with Gasteiger partial charge in [0.05, 0.1) is 24.4 Å². The topological polar surface area (TPSA) is 76.5 Å². The zero-order valence-electron chi connectivity index (χ0n) is 18.0. The lowest BCUT2D eigenvalue weighted by atomic mass is 10.2. The van der Waals surface area contributed by atoms with Crippen LogP contribution in [0.4, 0.5) is 0 Å². The minimum absolute atomic E-state index is 0.0675. The van der Waals surface area contributed by atoms with E-state index in [1.807, 2.05) is 41.1 Å². The molecule has 0 spiro atoms. The molecular formula is C24H24N4O3S2. The van der Waals surface area contributed by atoms with Crippen molar-refractivity contribution in [3.8, 4) is 10.4 Å². The molecule has 0 bridgehead atoms. The molecule has 170 valence electrons. The van der Waals surface area contributed by atoms with E-state index in [2.05, 4.69) is 27.3 Å². The number of benzene rings is 1. The summed E-state index contributed by atoms with van der Waals surface area (Å²) in [6, 6.07) is 14.3. The van der Waals surface area contributed by atoms with Gasteiger partial charge in [0, 0.05) is 42.0 Å². The van der Waals surface area contributed by atoms with Crippen LogP contribution in [0.25, 0.3) is 20.7 Å². The summed E-state index contributed by atoms with van der Waals surface area (Å²) in [6.07, 6.45) is 1.38. The van der Waals surface area contributed by atoms with Crippen molar-refractivity contribution in [2.45, 2.75) is 19.2 Å². The predicted octanol–water partition coefficient (Wildman–Crippen LogP) is 3.20. The second-order valence-corrected chi connectivity index (χ2v) is 9.81. The first-order chi connectivity index (χ1) is 16.2. The molecule has 0 radical (unpaired) electrons. The minimum atomic E-state index is -0.227. The van der Waals surface area contributed by atoms with E-state index in [1.165, 1.54) is 27.8 Å². The third-order valence-electron chi connectivity index (χ3n) is 5.66. The molecule has 4 aromatic rings. The molecule has 1 aliphatic heterocycles. The molecule has 1 fully saturated rings. The summed E-state index contributed by atoms with van der Waals surface area (Å²) < 4.78 is 7.22. The van der Waals surface area contributed by atoms with E-state index in [0.29, 0.717) is 23.4 Å². The van der Waals surface area contributed by atoms with Gasteiger partial charge in [-0.15, -0.1) is 22.7 Å². The molecule has 7 nitrogen and oxygen atoms in total. The summed E-state index contributed by atoms with van der Waals surface area (Å²) in [5.74, 6) is -0.227. The summed E-state index contributed by atoms with van der Waals surface area (Å²) in [7, 11) is 0. The summed E-state index contributed by atoms with van der Waals surface area (Å²) in [6.45, 7) is 3.46. The number of fused-ring (bicyclic) bond motifs is 1. The number of carbonyl (C=O) groups is 1. The maximum Gasteiger partial charge on any atom is 0.263 e. The molecule has 5 rings (SSSR count). The Kier molecular flexibility index (Phi) is 6.63. The van der Waals surface area contributed by atoms with Crippen LogP contribution in [-0.2, 0) is 22.6 Å². The van der Waals surface area contributed by atoms with Gasteiger partial charge in [-0.3, -0.25) is 19.1 Å². The van der Waals surface area contributed by atoms with Crippen molar-refractivity contribution in [1.82, 2.24) is 19.8 Å². The molecule has 1 aromatic carbocycles. The number of aromatic nitrogens is 2. The third kappa shape index (κ3) is 5.06. The second-order valence-electron chi connectivity index (χ2n) is 8.00. The standard InChI is InChI=1S/C24H24N4O3S2/c29-21(25-11-18-13-27(8-9-31-18)12-17-5-2-1-3-6-17)14-28-16-26-23-22(24(28)30)19(15-33-23)20-7-4-10-32-20/h1-7,10,15-16,18H,8-9,11-14H2,(H,25,29). The molecule has 1 aliphatic rings. The zero-order valence-corrected chi connectivity index (χ0v) is 19.6. The first-order valence-corrected chi connectivity index (χ1v) is 12.6. The van der Waals surface area contributed by atoms with Gasteiger partial charge < -0.3 is 10.1 Å².